The Labute approximate surface area is 140 Å². The van der Waals surface area contributed by atoms with Crippen molar-refractivity contribution >= 4 is 21.9 Å². The zero-order valence-corrected chi connectivity index (χ0v) is 15.8. The summed E-state index contributed by atoms with van der Waals surface area (Å²) in [4.78, 5) is 12.0. The minimum Gasteiger partial charge on any atom is -0.465 e. The van der Waals surface area contributed by atoms with Gasteiger partial charge < -0.3 is 4.74 Å². The molecule has 2 nitrogen and oxygen atoms in total. The Hall–Kier alpha value is -0.0500. The molecule has 0 saturated heterocycles. The molecule has 0 bridgehead atoms. The van der Waals surface area contributed by atoms with Crippen LogP contribution in [-0.2, 0) is 9.53 Å². The number of hydrogen-bond donors (Lipinski definition) is 0. The van der Waals surface area contributed by atoms with Gasteiger partial charge in [0.15, 0.2) is 0 Å². The predicted molar refractivity (Wildman–Crippen MR) is 95.0 cm³/mol. The van der Waals surface area contributed by atoms with Gasteiger partial charge >= 0.3 is 5.97 Å². The van der Waals surface area contributed by atoms with E-state index in [4.69, 9.17) is 4.74 Å². The molecule has 0 aliphatic heterocycles. The summed E-state index contributed by atoms with van der Waals surface area (Å²) in [5, 5.41) is 1.07. The summed E-state index contributed by atoms with van der Waals surface area (Å²) in [5.41, 5.74) is 0. The average molecular weight is 363 g/mol. The molecule has 0 spiro atoms. The van der Waals surface area contributed by atoms with E-state index in [2.05, 4.69) is 29.8 Å². The Morgan fingerprint density at radius 2 is 1.52 bits per heavy atom. The Balaban J connectivity index is 3.57. The molecule has 0 aliphatic rings. The summed E-state index contributed by atoms with van der Waals surface area (Å²) < 4.78 is 5.42. The number of halogens is 1. The van der Waals surface area contributed by atoms with Gasteiger partial charge in [-0.05, 0) is 25.7 Å². The first-order valence-corrected chi connectivity index (χ1v) is 10.1. The normalized spacial score (nSPS) is 12.3. The third-order valence-electron chi connectivity index (χ3n) is 4.00. The smallest absolute Gasteiger partial charge is 0.308 e. The van der Waals surface area contributed by atoms with E-state index >= 15 is 0 Å². The van der Waals surface area contributed by atoms with Crippen LogP contribution in [0.25, 0.3) is 0 Å². The topological polar surface area (TPSA) is 26.3 Å². The van der Waals surface area contributed by atoms with E-state index in [0.29, 0.717) is 6.61 Å². The van der Waals surface area contributed by atoms with Crippen molar-refractivity contribution in [1.29, 1.82) is 0 Å². The SMILES string of the molecule is CCCCCCCCC(CC)C(=O)OCCCCCCBr. The molecule has 0 aromatic rings. The standard InChI is InChI=1S/C18H35BrO2/c1-3-5-6-7-8-11-14-17(4-2)18(20)21-16-13-10-9-12-15-19/h17H,3-16H2,1-2H3. The number of rotatable bonds is 15. The van der Waals surface area contributed by atoms with Gasteiger partial charge in [-0.15, -0.1) is 0 Å². The van der Waals surface area contributed by atoms with Crippen LogP contribution in [0.1, 0.15) is 90.9 Å². The molecule has 1 atom stereocenters. The average Bonchev–Trinajstić information content (AvgIpc) is 2.50. The van der Waals surface area contributed by atoms with Gasteiger partial charge in [0.2, 0.25) is 0 Å². The highest BCUT2D eigenvalue weighted by molar-refractivity contribution is 9.09. The van der Waals surface area contributed by atoms with Crippen LogP contribution < -0.4 is 0 Å². The van der Waals surface area contributed by atoms with Gasteiger partial charge in [0.25, 0.3) is 0 Å². The molecular weight excluding hydrogens is 328 g/mol. The maximum Gasteiger partial charge on any atom is 0.308 e. The molecule has 3 heteroatoms. The Morgan fingerprint density at radius 1 is 0.905 bits per heavy atom. The van der Waals surface area contributed by atoms with Gasteiger partial charge in [-0.25, -0.2) is 0 Å². The second kappa shape index (κ2) is 16.3. The van der Waals surface area contributed by atoms with Gasteiger partial charge in [0.1, 0.15) is 0 Å². The fraction of sp³-hybridized carbons (Fsp3) is 0.944. The first-order valence-electron chi connectivity index (χ1n) is 8.98. The third kappa shape index (κ3) is 13.3. The van der Waals surface area contributed by atoms with E-state index in [0.717, 1.165) is 31.0 Å². The number of ether oxygens (including phenoxy) is 1. The van der Waals surface area contributed by atoms with E-state index in [-0.39, 0.29) is 11.9 Å². The van der Waals surface area contributed by atoms with Gasteiger partial charge in [0, 0.05) is 5.33 Å². The molecular formula is C18H35BrO2. The van der Waals surface area contributed by atoms with Crippen LogP contribution >= 0.6 is 15.9 Å². The first kappa shape index (κ1) is 20.9. The van der Waals surface area contributed by atoms with Gasteiger partial charge in [-0.2, -0.15) is 0 Å². The monoisotopic (exact) mass is 362 g/mol. The Bertz CT molecular complexity index is 231. The highest BCUT2D eigenvalue weighted by Crippen LogP contribution is 2.17. The number of unbranched alkanes of at least 4 members (excludes halogenated alkanes) is 8. The molecule has 126 valence electrons. The number of carbonyl (C=O) groups is 1. The summed E-state index contributed by atoms with van der Waals surface area (Å²) in [6, 6.07) is 0. The first-order chi connectivity index (χ1) is 10.3. The van der Waals surface area contributed by atoms with Gasteiger partial charge in [-0.3, -0.25) is 4.79 Å². The maximum atomic E-state index is 12.0. The minimum absolute atomic E-state index is 0.0338. The van der Waals surface area contributed by atoms with E-state index < -0.39 is 0 Å². The van der Waals surface area contributed by atoms with Crippen molar-refractivity contribution in [3.05, 3.63) is 0 Å². The lowest BCUT2D eigenvalue weighted by Crippen LogP contribution is -2.17. The van der Waals surface area contributed by atoms with Crippen LogP contribution in [0.5, 0.6) is 0 Å². The van der Waals surface area contributed by atoms with E-state index in [1.807, 2.05) is 0 Å². The second-order valence-electron chi connectivity index (χ2n) is 5.93. The molecule has 0 aliphatic carbocycles. The van der Waals surface area contributed by atoms with Crippen LogP contribution in [0.15, 0.2) is 0 Å². The van der Waals surface area contributed by atoms with Crippen molar-refractivity contribution in [2.45, 2.75) is 90.9 Å². The van der Waals surface area contributed by atoms with Crippen molar-refractivity contribution < 1.29 is 9.53 Å². The summed E-state index contributed by atoms with van der Waals surface area (Å²) in [6.45, 7) is 4.94. The van der Waals surface area contributed by atoms with Crippen LogP contribution in [0.3, 0.4) is 0 Å². The predicted octanol–water partition coefficient (Wildman–Crippen LogP) is 6.26. The van der Waals surface area contributed by atoms with Crippen LogP contribution in [0.4, 0.5) is 0 Å². The number of hydrogen-bond acceptors (Lipinski definition) is 2. The lowest BCUT2D eigenvalue weighted by Gasteiger charge is -2.14. The molecule has 0 amide bonds. The summed E-state index contributed by atoms with van der Waals surface area (Å²) in [7, 11) is 0. The molecule has 0 aromatic carbocycles. The van der Waals surface area contributed by atoms with Crippen molar-refractivity contribution in [3.63, 3.8) is 0 Å². The highest BCUT2D eigenvalue weighted by Gasteiger charge is 2.17. The Kier molecular flexibility index (Phi) is 16.3. The van der Waals surface area contributed by atoms with Crippen molar-refractivity contribution in [3.8, 4) is 0 Å². The second-order valence-corrected chi connectivity index (χ2v) is 6.73. The zero-order valence-electron chi connectivity index (χ0n) is 14.2. The highest BCUT2D eigenvalue weighted by atomic mass is 79.9. The van der Waals surface area contributed by atoms with Crippen LogP contribution in [0, 0.1) is 5.92 Å². The fourth-order valence-corrected chi connectivity index (χ4v) is 2.90. The minimum atomic E-state index is 0.0338. The lowest BCUT2D eigenvalue weighted by molar-refractivity contribution is -0.149. The summed E-state index contributed by atoms with van der Waals surface area (Å²) in [6.07, 6.45) is 14.2. The largest absolute Gasteiger partial charge is 0.465 e. The van der Waals surface area contributed by atoms with Crippen molar-refractivity contribution in [1.82, 2.24) is 0 Å². The van der Waals surface area contributed by atoms with Crippen LogP contribution in [-0.4, -0.2) is 17.9 Å². The van der Waals surface area contributed by atoms with Gasteiger partial charge in [-0.1, -0.05) is 81.1 Å². The number of alkyl halides is 1. The molecule has 0 rings (SSSR count). The molecule has 0 aromatic heterocycles. The van der Waals surface area contributed by atoms with Crippen LogP contribution in [0.2, 0.25) is 0 Å². The molecule has 21 heavy (non-hydrogen) atoms. The molecule has 0 N–H and O–H groups in total. The number of esters is 1. The summed E-state index contributed by atoms with van der Waals surface area (Å²) in [5.74, 6) is 0.158. The third-order valence-corrected chi connectivity index (χ3v) is 4.57. The number of carbonyl (C=O) groups excluding carboxylic acids is 1. The molecule has 0 heterocycles. The molecule has 0 fully saturated rings. The molecule has 0 saturated carbocycles. The fourth-order valence-electron chi connectivity index (χ4n) is 2.50. The quantitative estimate of drug-likeness (QED) is 0.195. The van der Waals surface area contributed by atoms with Gasteiger partial charge in [0.05, 0.1) is 12.5 Å². The van der Waals surface area contributed by atoms with E-state index in [1.54, 1.807) is 0 Å². The lowest BCUT2D eigenvalue weighted by atomic mass is 9.98. The molecule has 0 radical (unpaired) electrons. The summed E-state index contributed by atoms with van der Waals surface area (Å²) >= 11 is 3.43. The van der Waals surface area contributed by atoms with Crippen molar-refractivity contribution in [2.75, 3.05) is 11.9 Å². The van der Waals surface area contributed by atoms with E-state index in [9.17, 15) is 4.79 Å². The molecule has 1 unspecified atom stereocenters. The van der Waals surface area contributed by atoms with Crippen molar-refractivity contribution in [2.24, 2.45) is 5.92 Å². The maximum absolute atomic E-state index is 12.0. The van der Waals surface area contributed by atoms with E-state index in [1.165, 1.54) is 51.4 Å². The Morgan fingerprint density at radius 3 is 2.19 bits per heavy atom. The zero-order chi connectivity index (χ0) is 15.8.